The van der Waals surface area contributed by atoms with Crippen LogP contribution in [0.2, 0.25) is 5.02 Å². The molecule has 26 heavy (non-hydrogen) atoms. The Bertz CT molecular complexity index is 835. The predicted molar refractivity (Wildman–Crippen MR) is 97.6 cm³/mol. The molecule has 0 saturated carbocycles. The maximum Gasteiger partial charge on any atom is 0.324 e. The van der Waals surface area contributed by atoms with Gasteiger partial charge in [0.05, 0.1) is 13.1 Å². The molecule has 0 bridgehead atoms. The summed E-state index contributed by atoms with van der Waals surface area (Å²) < 4.78 is 0. The van der Waals surface area contributed by atoms with Gasteiger partial charge in [0.2, 0.25) is 5.91 Å². The molecular formula is C19H18ClN3O3. The van der Waals surface area contributed by atoms with Crippen LogP contribution in [-0.4, -0.2) is 41.2 Å². The van der Waals surface area contributed by atoms with E-state index in [9.17, 15) is 14.4 Å². The van der Waals surface area contributed by atoms with Gasteiger partial charge in [0.15, 0.2) is 0 Å². The maximum absolute atomic E-state index is 12.7. The van der Waals surface area contributed by atoms with E-state index in [1.54, 1.807) is 48.3 Å². The summed E-state index contributed by atoms with van der Waals surface area (Å²) >= 11 is 5.88. The number of carbonyl (C=O) groups excluding carboxylic acids is 3. The molecule has 0 aromatic heterocycles. The Morgan fingerprint density at radius 2 is 1.88 bits per heavy atom. The molecule has 3 rings (SSSR count). The van der Waals surface area contributed by atoms with Crippen LogP contribution >= 0.6 is 11.6 Å². The Kier molecular flexibility index (Phi) is 5.23. The lowest BCUT2D eigenvalue weighted by Gasteiger charge is -2.18. The van der Waals surface area contributed by atoms with Gasteiger partial charge in [-0.2, -0.15) is 0 Å². The Morgan fingerprint density at radius 1 is 1.15 bits per heavy atom. The standard InChI is InChI=1S/C19H18ClN3O3/c1-22(11-13-5-7-16(20)8-6-13)18(25)15-4-2-3-14(9-15)12-23-17(24)10-21-19(23)26/h2-9H,10-12H2,1H3,(H,21,26). The van der Waals surface area contributed by atoms with Gasteiger partial charge in [0.25, 0.3) is 5.91 Å². The maximum atomic E-state index is 12.7. The summed E-state index contributed by atoms with van der Waals surface area (Å²) in [6.45, 7) is 0.612. The van der Waals surface area contributed by atoms with Crippen LogP contribution in [0, 0.1) is 0 Å². The highest BCUT2D eigenvalue weighted by molar-refractivity contribution is 6.30. The average Bonchev–Trinajstić information content (AvgIpc) is 2.95. The molecule has 1 N–H and O–H groups in total. The molecular weight excluding hydrogens is 354 g/mol. The quantitative estimate of drug-likeness (QED) is 0.821. The van der Waals surface area contributed by atoms with Gasteiger partial charge < -0.3 is 10.2 Å². The molecule has 134 valence electrons. The second-order valence-corrected chi connectivity index (χ2v) is 6.56. The van der Waals surface area contributed by atoms with Crippen molar-refractivity contribution in [2.45, 2.75) is 13.1 Å². The molecule has 1 saturated heterocycles. The number of carbonyl (C=O) groups is 3. The van der Waals surface area contributed by atoms with E-state index in [4.69, 9.17) is 11.6 Å². The highest BCUT2D eigenvalue weighted by Crippen LogP contribution is 2.15. The summed E-state index contributed by atoms with van der Waals surface area (Å²) in [4.78, 5) is 38.8. The number of rotatable bonds is 5. The number of nitrogens with zero attached hydrogens (tertiary/aromatic N) is 2. The third-order valence-electron chi connectivity index (χ3n) is 4.13. The minimum atomic E-state index is -0.411. The SMILES string of the molecule is CN(Cc1ccc(Cl)cc1)C(=O)c1cccc(CN2C(=O)CNC2=O)c1. The topological polar surface area (TPSA) is 69.7 Å². The molecule has 2 aromatic rings. The molecule has 1 aliphatic rings. The number of hydrogen-bond acceptors (Lipinski definition) is 3. The molecule has 0 unspecified atom stereocenters. The lowest BCUT2D eigenvalue weighted by Crippen LogP contribution is -2.30. The molecule has 0 atom stereocenters. The van der Waals surface area contributed by atoms with E-state index in [0.717, 1.165) is 16.0 Å². The summed E-state index contributed by atoms with van der Waals surface area (Å²) in [5.74, 6) is -0.411. The number of hydrogen-bond donors (Lipinski definition) is 1. The molecule has 1 aliphatic heterocycles. The van der Waals surface area contributed by atoms with Gasteiger partial charge in [-0.05, 0) is 35.4 Å². The fraction of sp³-hybridized carbons (Fsp3) is 0.211. The molecule has 1 fully saturated rings. The Hall–Kier alpha value is -2.86. The Labute approximate surface area is 156 Å². The van der Waals surface area contributed by atoms with Crippen LogP contribution in [0.1, 0.15) is 21.5 Å². The number of halogens is 1. The number of urea groups is 1. The van der Waals surface area contributed by atoms with E-state index in [-0.39, 0.29) is 24.9 Å². The zero-order chi connectivity index (χ0) is 18.7. The number of benzene rings is 2. The number of nitrogens with one attached hydrogen (secondary N) is 1. The summed E-state index contributed by atoms with van der Waals surface area (Å²) in [6, 6.07) is 13.9. The van der Waals surface area contributed by atoms with Crippen molar-refractivity contribution >= 4 is 29.4 Å². The average molecular weight is 372 g/mol. The lowest BCUT2D eigenvalue weighted by molar-refractivity contribution is -0.125. The highest BCUT2D eigenvalue weighted by atomic mass is 35.5. The summed E-state index contributed by atoms with van der Waals surface area (Å²) in [5, 5.41) is 3.13. The summed E-state index contributed by atoms with van der Waals surface area (Å²) in [5.41, 5.74) is 2.20. The first-order valence-corrected chi connectivity index (χ1v) is 8.49. The second-order valence-electron chi connectivity index (χ2n) is 6.13. The van der Waals surface area contributed by atoms with Gasteiger partial charge in [-0.3, -0.25) is 14.5 Å². The van der Waals surface area contributed by atoms with Crippen LogP contribution in [0.15, 0.2) is 48.5 Å². The van der Waals surface area contributed by atoms with Crippen LogP contribution in [-0.2, 0) is 17.9 Å². The van der Waals surface area contributed by atoms with Gasteiger partial charge in [0.1, 0.15) is 0 Å². The fourth-order valence-electron chi connectivity index (χ4n) is 2.76. The lowest BCUT2D eigenvalue weighted by atomic mass is 10.1. The van der Waals surface area contributed by atoms with E-state index >= 15 is 0 Å². The molecule has 7 heteroatoms. The number of imide groups is 1. The minimum absolute atomic E-state index is 0.0152. The first kappa shape index (κ1) is 17.9. The second kappa shape index (κ2) is 7.58. The minimum Gasteiger partial charge on any atom is -0.337 e. The zero-order valence-electron chi connectivity index (χ0n) is 14.2. The monoisotopic (exact) mass is 371 g/mol. The van der Waals surface area contributed by atoms with Crippen LogP contribution in [0.3, 0.4) is 0 Å². The van der Waals surface area contributed by atoms with Gasteiger partial charge in [-0.1, -0.05) is 35.9 Å². The van der Waals surface area contributed by atoms with Crippen LogP contribution < -0.4 is 5.32 Å². The molecule has 4 amide bonds. The van der Waals surface area contributed by atoms with Crippen molar-refractivity contribution in [1.29, 1.82) is 0 Å². The third kappa shape index (κ3) is 4.03. The van der Waals surface area contributed by atoms with Gasteiger partial charge in [0, 0.05) is 24.2 Å². The van der Waals surface area contributed by atoms with E-state index < -0.39 is 6.03 Å². The fourth-order valence-corrected chi connectivity index (χ4v) is 2.88. The summed E-state index contributed by atoms with van der Waals surface area (Å²) in [7, 11) is 1.72. The van der Waals surface area contributed by atoms with Crippen molar-refractivity contribution in [3.05, 3.63) is 70.2 Å². The van der Waals surface area contributed by atoms with Gasteiger partial charge in [-0.25, -0.2) is 4.79 Å². The number of amides is 4. The molecule has 0 spiro atoms. The van der Waals surface area contributed by atoms with Gasteiger partial charge >= 0.3 is 6.03 Å². The van der Waals surface area contributed by atoms with Crippen LogP contribution in [0.4, 0.5) is 4.79 Å². The van der Waals surface area contributed by atoms with Crippen molar-refractivity contribution in [3.8, 4) is 0 Å². The van der Waals surface area contributed by atoms with Gasteiger partial charge in [-0.15, -0.1) is 0 Å². The molecule has 0 aliphatic carbocycles. The molecule has 1 heterocycles. The first-order valence-electron chi connectivity index (χ1n) is 8.11. The predicted octanol–water partition coefficient (Wildman–Crippen LogP) is 2.66. The van der Waals surface area contributed by atoms with Crippen molar-refractivity contribution in [1.82, 2.24) is 15.1 Å². The smallest absolute Gasteiger partial charge is 0.324 e. The Balaban J connectivity index is 1.70. The first-order chi connectivity index (χ1) is 12.4. The van der Waals surface area contributed by atoms with Crippen molar-refractivity contribution in [3.63, 3.8) is 0 Å². The summed E-state index contributed by atoms with van der Waals surface area (Å²) in [6.07, 6.45) is 0. The van der Waals surface area contributed by atoms with Crippen molar-refractivity contribution < 1.29 is 14.4 Å². The largest absolute Gasteiger partial charge is 0.337 e. The highest BCUT2D eigenvalue weighted by Gasteiger charge is 2.28. The zero-order valence-corrected chi connectivity index (χ0v) is 15.0. The normalized spacial score (nSPS) is 13.7. The third-order valence-corrected chi connectivity index (χ3v) is 4.38. The van der Waals surface area contributed by atoms with E-state index in [2.05, 4.69) is 5.32 Å². The molecule has 2 aromatic carbocycles. The van der Waals surface area contributed by atoms with E-state index in [1.165, 1.54) is 0 Å². The van der Waals surface area contributed by atoms with Crippen molar-refractivity contribution in [2.24, 2.45) is 0 Å². The Morgan fingerprint density at radius 3 is 2.54 bits per heavy atom. The van der Waals surface area contributed by atoms with Crippen LogP contribution in [0.5, 0.6) is 0 Å². The van der Waals surface area contributed by atoms with Crippen LogP contribution in [0.25, 0.3) is 0 Å². The van der Waals surface area contributed by atoms with Crippen molar-refractivity contribution in [2.75, 3.05) is 13.6 Å². The molecule has 0 radical (unpaired) electrons. The van der Waals surface area contributed by atoms with E-state index in [1.807, 2.05) is 12.1 Å². The molecule has 6 nitrogen and oxygen atoms in total. The van der Waals surface area contributed by atoms with E-state index in [0.29, 0.717) is 17.1 Å².